The molecule has 200 valence electrons. The Morgan fingerprint density at radius 2 is 1.19 bits per heavy atom. The molecule has 1 fully saturated rings. The summed E-state index contributed by atoms with van der Waals surface area (Å²) in [7, 11) is 0. The van der Waals surface area contributed by atoms with E-state index in [1.165, 1.54) is 0 Å². The Bertz CT molecular complexity index is 989. The van der Waals surface area contributed by atoms with Crippen molar-refractivity contribution in [1.29, 1.82) is 0 Å². The molecule has 0 aromatic rings. The zero-order valence-electron chi connectivity index (χ0n) is 19.7. The fourth-order valence-corrected chi connectivity index (χ4v) is 2.97. The summed E-state index contributed by atoms with van der Waals surface area (Å²) >= 11 is 0. The molecule has 8 amide bonds. The molecule has 2 heterocycles. The standard InChI is InChI=1S/C21H26N6O10/c28-13(2-1-9-26-17(32)3-4-18(26)33)23-11-15(30)25-12-16(31)24-10-14(29)22-8-7-21(36)37-27-19(34)5-6-20(27)35/h3-4H,1-2,5-12H2,(H,22,29)(H,23,28)(H,24,31)(H,25,30). The minimum absolute atomic E-state index is 0.0217. The van der Waals surface area contributed by atoms with E-state index < -0.39 is 72.9 Å². The molecule has 16 heteroatoms. The number of rotatable bonds is 14. The Kier molecular flexibility index (Phi) is 10.9. The molecule has 0 aromatic heterocycles. The van der Waals surface area contributed by atoms with Gasteiger partial charge in [0.25, 0.3) is 23.6 Å². The van der Waals surface area contributed by atoms with Crippen LogP contribution in [-0.2, 0) is 48.0 Å². The van der Waals surface area contributed by atoms with E-state index >= 15 is 0 Å². The van der Waals surface area contributed by atoms with Gasteiger partial charge in [0.2, 0.25) is 23.6 Å². The van der Waals surface area contributed by atoms with Crippen molar-refractivity contribution in [3.63, 3.8) is 0 Å². The minimum atomic E-state index is -0.892. The summed E-state index contributed by atoms with van der Waals surface area (Å²) < 4.78 is 0. The van der Waals surface area contributed by atoms with E-state index in [1.54, 1.807) is 0 Å². The number of carbonyl (C=O) groups is 9. The number of imide groups is 2. The lowest BCUT2D eigenvalue weighted by Gasteiger charge is -2.13. The average molecular weight is 522 g/mol. The minimum Gasteiger partial charge on any atom is -0.354 e. The molecule has 0 atom stereocenters. The maximum absolute atomic E-state index is 11.8. The second kappa shape index (κ2) is 14.1. The van der Waals surface area contributed by atoms with Gasteiger partial charge in [-0.3, -0.25) is 43.3 Å². The van der Waals surface area contributed by atoms with E-state index in [2.05, 4.69) is 26.1 Å². The number of hydrogen-bond acceptors (Lipinski definition) is 10. The Labute approximate surface area is 210 Å². The first-order valence-corrected chi connectivity index (χ1v) is 11.2. The molecule has 16 nitrogen and oxygen atoms in total. The van der Waals surface area contributed by atoms with Gasteiger partial charge < -0.3 is 26.1 Å². The number of hydroxylamine groups is 2. The van der Waals surface area contributed by atoms with Gasteiger partial charge in [0.1, 0.15) is 0 Å². The normalized spacial score (nSPS) is 14.6. The summed E-state index contributed by atoms with van der Waals surface area (Å²) in [6.07, 6.45) is 2.08. The van der Waals surface area contributed by atoms with Crippen molar-refractivity contribution in [2.24, 2.45) is 0 Å². The lowest BCUT2D eigenvalue weighted by Crippen LogP contribution is -2.44. The maximum Gasteiger partial charge on any atom is 0.334 e. The molecule has 2 rings (SSSR count). The number of carbonyl (C=O) groups excluding carboxylic acids is 9. The molecule has 2 aliphatic heterocycles. The van der Waals surface area contributed by atoms with Crippen LogP contribution in [-0.4, -0.2) is 95.9 Å². The molecule has 0 saturated carbocycles. The van der Waals surface area contributed by atoms with E-state index in [0.717, 1.165) is 17.1 Å². The van der Waals surface area contributed by atoms with Crippen LogP contribution < -0.4 is 21.3 Å². The van der Waals surface area contributed by atoms with Crippen molar-refractivity contribution in [3.8, 4) is 0 Å². The highest BCUT2D eigenvalue weighted by Gasteiger charge is 2.32. The van der Waals surface area contributed by atoms with Crippen molar-refractivity contribution in [2.75, 3.05) is 32.7 Å². The molecule has 0 radical (unpaired) electrons. The van der Waals surface area contributed by atoms with Crippen LogP contribution in [0.15, 0.2) is 12.2 Å². The van der Waals surface area contributed by atoms with Crippen molar-refractivity contribution >= 4 is 53.2 Å². The van der Waals surface area contributed by atoms with Gasteiger partial charge in [-0.2, -0.15) is 0 Å². The topological polar surface area (TPSA) is 217 Å². The number of hydrogen-bond donors (Lipinski definition) is 4. The Balaban J connectivity index is 1.49. The van der Waals surface area contributed by atoms with E-state index in [9.17, 15) is 43.2 Å². The largest absolute Gasteiger partial charge is 0.354 e. The monoisotopic (exact) mass is 522 g/mol. The molecule has 0 unspecified atom stereocenters. The van der Waals surface area contributed by atoms with Crippen LogP contribution in [0.5, 0.6) is 0 Å². The summed E-state index contributed by atoms with van der Waals surface area (Å²) in [5.41, 5.74) is 0. The first-order chi connectivity index (χ1) is 17.6. The molecule has 0 aromatic carbocycles. The highest BCUT2D eigenvalue weighted by molar-refractivity contribution is 6.12. The third-order valence-electron chi connectivity index (χ3n) is 4.87. The lowest BCUT2D eigenvalue weighted by molar-refractivity contribution is -0.197. The van der Waals surface area contributed by atoms with Gasteiger partial charge in [0.05, 0.1) is 26.1 Å². The predicted molar refractivity (Wildman–Crippen MR) is 119 cm³/mol. The molecule has 0 aliphatic carbocycles. The Morgan fingerprint density at radius 1 is 0.703 bits per heavy atom. The van der Waals surface area contributed by atoms with Crippen molar-refractivity contribution in [3.05, 3.63) is 12.2 Å². The second-order valence-electron chi connectivity index (χ2n) is 7.74. The van der Waals surface area contributed by atoms with Crippen LogP contribution in [0.2, 0.25) is 0 Å². The van der Waals surface area contributed by atoms with Gasteiger partial charge in [-0.15, -0.1) is 5.06 Å². The van der Waals surface area contributed by atoms with Crippen LogP contribution in [0.3, 0.4) is 0 Å². The van der Waals surface area contributed by atoms with E-state index in [1.807, 2.05) is 0 Å². The first-order valence-electron chi connectivity index (χ1n) is 11.2. The van der Waals surface area contributed by atoms with Crippen LogP contribution >= 0.6 is 0 Å². The number of nitrogens with one attached hydrogen (secondary N) is 4. The zero-order valence-corrected chi connectivity index (χ0v) is 19.7. The fraction of sp³-hybridized carbons (Fsp3) is 0.476. The van der Waals surface area contributed by atoms with Crippen LogP contribution in [0, 0.1) is 0 Å². The van der Waals surface area contributed by atoms with Gasteiger partial charge in [-0.1, -0.05) is 0 Å². The fourth-order valence-electron chi connectivity index (χ4n) is 2.97. The summed E-state index contributed by atoms with van der Waals surface area (Å²) in [6, 6.07) is 0. The zero-order chi connectivity index (χ0) is 27.4. The summed E-state index contributed by atoms with van der Waals surface area (Å²) in [4.78, 5) is 110. The number of amides is 8. The smallest absolute Gasteiger partial charge is 0.334 e. The second-order valence-corrected chi connectivity index (χ2v) is 7.74. The summed E-state index contributed by atoms with van der Waals surface area (Å²) in [5.74, 6) is -5.50. The van der Waals surface area contributed by atoms with Crippen LogP contribution in [0.4, 0.5) is 0 Å². The average Bonchev–Trinajstić information content (AvgIpc) is 3.35. The van der Waals surface area contributed by atoms with Crippen molar-refractivity contribution in [1.82, 2.24) is 31.2 Å². The van der Waals surface area contributed by atoms with Gasteiger partial charge in [-0.25, -0.2) is 4.79 Å². The molecular weight excluding hydrogens is 496 g/mol. The van der Waals surface area contributed by atoms with Crippen LogP contribution in [0.25, 0.3) is 0 Å². The van der Waals surface area contributed by atoms with E-state index in [0.29, 0.717) is 5.06 Å². The summed E-state index contributed by atoms with van der Waals surface area (Å²) in [5, 5.41) is 9.55. The quantitative estimate of drug-likeness (QED) is 0.163. The molecule has 2 aliphatic rings. The van der Waals surface area contributed by atoms with Crippen molar-refractivity contribution < 1.29 is 48.0 Å². The Hall–Kier alpha value is -4.63. The van der Waals surface area contributed by atoms with Gasteiger partial charge in [-0.05, 0) is 6.42 Å². The molecular formula is C21H26N6O10. The number of nitrogens with zero attached hydrogens (tertiary/aromatic N) is 2. The third-order valence-corrected chi connectivity index (χ3v) is 4.87. The molecule has 0 spiro atoms. The lowest BCUT2D eigenvalue weighted by atomic mass is 10.2. The van der Waals surface area contributed by atoms with E-state index in [4.69, 9.17) is 0 Å². The first kappa shape index (κ1) is 28.6. The maximum atomic E-state index is 11.8. The van der Waals surface area contributed by atoms with Crippen molar-refractivity contribution in [2.45, 2.75) is 32.1 Å². The molecule has 37 heavy (non-hydrogen) atoms. The van der Waals surface area contributed by atoms with Gasteiger partial charge in [0.15, 0.2) is 0 Å². The van der Waals surface area contributed by atoms with Gasteiger partial charge in [0, 0.05) is 44.5 Å². The van der Waals surface area contributed by atoms with Crippen LogP contribution in [0.1, 0.15) is 32.1 Å². The summed E-state index contributed by atoms with van der Waals surface area (Å²) in [6.45, 7) is -1.40. The third kappa shape index (κ3) is 9.87. The van der Waals surface area contributed by atoms with E-state index in [-0.39, 0.29) is 45.2 Å². The highest BCUT2D eigenvalue weighted by Crippen LogP contribution is 2.12. The SMILES string of the molecule is O=C(CCCN1C(=O)C=CC1=O)NCC(=O)NCC(=O)NCC(=O)NCCC(=O)ON1C(=O)CCC1=O. The predicted octanol–water partition coefficient (Wildman–Crippen LogP) is -3.85. The molecule has 1 saturated heterocycles. The molecule has 4 N–H and O–H groups in total. The van der Waals surface area contributed by atoms with Gasteiger partial charge >= 0.3 is 5.97 Å². The Morgan fingerprint density at radius 3 is 1.73 bits per heavy atom. The molecule has 0 bridgehead atoms. The highest BCUT2D eigenvalue weighted by atomic mass is 16.7.